The highest BCUT2D eigenvalue weighted by Gasteiger charge is 2.18. The van der Waals surface area contributed by atoms with Gasteiger partial charge in [0.25, 0.3) is 0 Å². The minimum Gasteiger partial charge on any atom is -0.466 e. The fourth-order valence-electron chi connectivity index (χ4n) is 2.08. The van der Waals surface area contributed by atoms with Crippen LogP contribution in [0.2, 0.25) is 0 Å². The van der Waals surface area contributed by atoms with Gasteiger partial charge >= 0.3 is 0 Å². The first kappa shape index (κ1) is 11.9. The fourth-order valence-corrected chi connectivity index (χ4v) is 2.08. The third-order valence-electron chi connectivity index (χ3n) is 3.33. The van der Waals surface area contributed by atoms with Crippen molar-refractivity contribution in [3.63, 3.8) is 0 Å². The van der Waals surface area contributed by atoms with Gasteiger partial charge in [0.05, 0.1) is 6.26 Å². The molecule has 2 rings (SSSR count). The number of aryl methyl sites for hydroxylation is 4. The zero-order chi connectivity index (χ0) is 12.6. The van der Waals surface area contributed by atoms with E-state index in [1.807, 2.05) is 26.0 Å². The van der Waals surface area contributed by atoms with E-state index >= 15 is 0 Å². The van der Waals surface area contributed by atoms with E-state index in [0.717, 1.165) is 16.7 Å². The molecule has 1 aromatic carbocycles. The number of aliphatic hydroxyl groups excluding tert-OH is 1. The van der Waals surface area contributed by atoms with Crippen LogP contribution in [0.4, 0.5) is 0 Å². The van der Waals surface area contributed by atoms with Crippen LogP contribution < -0.4 is 0 Å². The molecule has 1 aromatic heterocycles. The predicted octanol–water partition coefficient (Wildman–Crippen LogP) is 3.59. The molecule has 1 N–H and O–H groups in total. The lowest BCUT2D eigenvalue weighted by Gasteiger charge is -2.15. The van der Waals surface area contributed by atoms with Gasteiger partial charge in [-0.2, -0.15) is 0 Å². The largest absolute Gasteiger partial charge is 0.466 e. The van der Waals surface area contributed by atoms with Crippen LogP contribution in [0.15, 0.2) is 28.9 Å². The van der Waals surface area contributed by atoms with Crippen LogP contribution in [0.3, 0.4) is 0 Å². The summed E-state index contributed by atoms with van der Waals surface area (Å²) in [5.74, 6) is 0.636. The van der Waals surface area contributed by atoms with E-state index in [9.17, 15) is 5.11 Å². The molecule has 1 heterocycles. The third-order valence-corrected chi connectivity index (χ3v) is 3.33. The Kier molecular flexibility index (Phi) is 3.07. The molecular formula is C15H18O2. The number of benzene rings is 1. The molecule has 0 saturated carbocycles. The first-order valence-electron chi connectivity index (χ1n) is 5.80. The average molecular weight is 230 g/mol. The Morgan fingerprint density at radius 2 is 1.59 bits per heavy atom. The van der Waals surface area contributed by atoms with Crippen molar-refractivity contribution in [1.82, 2.24) is 0 Å². The monoisotopic (exact) mass is 230 g/mol. The number of rotatable bonds is 2. The lowest BCUT2D eigenvalue weighted by Crippen LogP contribution is -2.03. The highest BCUT2D eigenvalue weighted by atomic mass is 16.4. The van der Waals surface area contributed by atoms with Crippen LogP contribution in [0, 0.1) is 27.7 Å². The highest BCUT2D eigenvalue weighted by molar-refractivity contribution is 5.40. The van der Waals surface area contributed by atoms with Crippen LogP contribution in [-0.2, 0) is 0 Å². The van der Waals surface area contributed by atoms with Gasteiger partial charge in [-0.05, 0) is 61.6 Å². The second-order valence-electron chi connectivity index (χ2n) is 4.66. The minimum absolute atomic E-state index is 0.636. The summed E-state index contributed by atoms with van der Waals surface area (Å²) in [6.07, 6.45) is 0.939. The van der Waals surface area contributed by atoms with Crippen molar-refractivity contribution in [1.29, 1.82) is 0 Å². The van der Waals surface area contributed by atoms with E-state index in [0.29, 0.717) is 5.76 Å². The first-order valence-corrected chi connectivity index (χ1v) is 5.80. The molecule has 90 valence electrons. The summed E-state index contributed by atoms with van der Waals surface area (Å²) in [6.45, 7) is 8.10. The summed E-state index contributed by atoms with van der Waals surface area (Å²) in [4.78, 5) is 0. The van der Waals surface area contributed by atoms with Crippen molar-refractivity contribution in [2.24, 2.45) is 0 Å². The molecule has 2 nitrogen and oxygen atoms in total. The lowest BCUT2D eigenvalue weighted by molar-refractivity contribution is 0.187. The Morgan fingerprint density at radius 1 is 0.941 bits per heavy atom. The van der Waals surface area contributed by atoms with Crippen molar-refractivity contribution in [2.45, 2.75) is 33.8 Å². The maximum Gasteiger partial charge on any atom is 0.139 e. The van der Waals surface area contributed by atoms with Crippen molar-refractivity contribution in [3.8, 4) is 0 Å². The van der Waals surface area contributed by atoms with Crippen LogP contribution >= 0.6 is 0 Å². The van der Waals surface area contributed by atoms with Gasteiger partial charge in [0, 0.05) is 0 Å². The van der Waals surface area contributed by atoms with E-state index in [4.69, 9.17) is 4.42 Å². The molecule has 0 saturated heterocycles. The number of aliphatic hydroxyl groups is 1. The smallest absolute Gasteiger partial charge is 0.139 e. The fraction of sp³-hybridized carbons (Fsp3) is 0.333. The summed E-state index contributed by atoms with van der Waals surface area (Å²) in [6, 6.07) is 6.01. The normalized spacial score (nSPS) is 12.8. The van der Waals surface area contributed by atoms with Gasteiger partial charge in [0.2, 0.25) is 0 Å². The van der Waals surface area contributed by atoms with E-state index in [1.165, 1.54) is 11.1 Å². The van der Waals surface area contributed by atoms with E-state index in [2.05, 4.69) is 19.9 Å². The molecular weight excluding hydrogens is 212 g/mol. The predicted molar refractivity (Wildman–Crippen MR) is 68.2 cm³/mol. The summed E-state index contributed by atoms with van der Waals surface area (Å²) in [7, 11) is 0. The summed E-state index contributed by atoms with van der Waals surface area (Å²) in [5.41, 5.74) is 5.43. The van der Waals surface area contributed by atoms with Gasteiger partial charge in [0.15, 0.2) is 0 Å². The molecule has 2 heteroatoms. The molecule has 1 unspecified atom stereocenters. The van der Waals surface area contributed by atoms with Gasteiger partial charge in [-0.25, -0.2) is 0 Å². The molecule has 0 spiro atoms. The Labute approximate surface area is 102 Å². The van der Waals surface area contributed by atoms with Crippen LogP contribution in [0.1, 0.15) is 39.7 Å². The second-order valence-corrected chi connectivity index (χ2v) is 4.66. The van der Waals surface area contributed by atoms with E-state index < -0.39 is 6.10 Å². The quantitative estimate of drug-likeness (QED) is 0.855. The zero-order valence-corrected chi connectivity index (χ0v) is 10.7. The Hall–Kier alpha value is -1.54. The zero-order valence-electron chi connectivity index (χ0n) is 10.7. The number of hydrogen-bond donors (Lipinski definition) is 1. The summed E-state index contributed by atoms with van der Waals surface area (Å²) in [5, 5.41) is 10.4. The Morgan fingerprint density at radius 3 is 2.18 bits per heavy atom. The molecule has 1 atom stereocenters. The first-order chi connectivity index (χ1) is 8.00. The average Bonchev–Trinajstić information content (AvgIpc) is 2.69. The van der Waals surface area contributed by atoms with Crippen molar-refractivity contribution in [2.75, 3.05) is 0 Å². The molecule has 0 bridgehead atoms. The minimum atomic E-state index is -0.677. The molecule has 0 radical (unpaired) electrons. The summed E-state index contributed by atoms with van der Waals surface area (Å²) < 4.78 is 5.36. The van der Waals surface area contributed by atoms with Gasteiger partial charge in [-0.1, -0.05) is 12.1 Å². The van der Waals surface area contributed by atoms with Gasteiger partial charge in [-0.15, -0.1) is 0 Å². The molecule has 0 fully saturated rings. The highest BCUT2D eigenvalue weighted by Crippen LogP contribution is 2.29. The number of hydrogen-bond acceptors (Lipinski definition) is 2. The molecule has 17 heavy (non-hydrogen) atoms. The topological polar surface area (TPSA) is 33.4 Å². The lowest BCUT2D eigenvalue weighted by atomic mass is 9.95. The van der Waals surface area contributed by atoms with Crippen molar-refractivity contribution >= 4 is 0 Å². The molecule has 0 amide bonds. The van der Waals surface area contributed by atoms with Crippen LogP contribution in [0.25, 0.3) is 0 Å². The molecule has 0 aliphatic carbocycles. The van der Waals surface area contributed by atoms with Gasteiger partial charge in [-0.3, -0.25) is 0 Å². The SMILES string of the molecule is Cc1cc(C)c(C(O)c2occc2C)cc1C. The van der Waals surface area contributed by atoms with Crippen LogP contribution in [-0.4, -0.2) is 5.11 Å². The third kappa shape index (κ3) is 2.13. The standard InChI is InChI=1S/C15H18O2/c1-9-5-6-17-15(9)14(16)13-8-11(3)10(2)7-12(13)4/h5-8,14,16H,1-4H3. The molecule has 0 aliphatic heterocycles. The van der Waals surface area contributed by atoms with Crippen LogP contribution in [0.5, 0.6) is 0 Å². The maximum atomic E-state index is 10.4. The second kappa shape index (κ2) is 4.38. The van der Waals surface area contributed by atoms with E-state index in [1.54, 1.807) is 6.26 Å². The maximum absolute atomic E-state index is 10.4. The van der Waals surface area contributed by atoms with Gasteiger partial charge < -0.3 is 9.52 Å². The van der Waals surface area contributed by atoms with Crippen molar-refractivity contribution in [3.05, 3.63) is 58.0 Å². The summed E-state index contributed by atoms with van der Waals surface area (Å²) >= 11 is 0. The Balaban J connectivity index is 2.48. The molecule has 0 aliphatic rings. The van der Waals surface area contributed by atoms with Crippen molar-refractivity contribution < 1.29 is 9.52 Å². The number of furan rings is 1. The van der Waals surface area contributed by atoms with Gasteiger partial charge in [0.1, 0.15) is 11.9 Å². The van der Waals surface area contributed by atoms with E-state index in [-0.39, 0.29) is 0 Å². The Bertz CT molecular complexity index is 538. The molecule has 2 aromatic rings.